The fourth-order valence-corrected chi connectivity index (χ4v) is 3.14. The molecule has 0 amide bonds. The maximum atomic E-state index is 12.5. The molecule has 0 radical (unpaired) electrons. The molecule has 0 unspecified atom stereocenters. The zero-order chi connectivity index (χ0) is 17.4. The summed E-state index contributed by atoms with van der Waals surface area (Å²) in [5.41, 5.74) is 0.573. The highest BCUT2D eigenvalue weighted by atomic mass is 32.1. The first-order valence-electron chi connectivity index (χ1n) is 7.89. The highest BCUT2D eigenvalue weighted by Crippen LogP contribution is 2.23. The first-order valence-corrected chi connectivity index (χ1v) is 8.73. The van der Waals surface area contributed by atoms with Gasteiger partial charge in [0.05, 0.1) is 0 Å². The molecule has 3 heterocycles. The molecular formula is C15H20N6O2S. The first kappa shape index (κ1) is 16.6. The topological polar surface area (TPSA) is 98.5 Å². The predicted octanol–water partition coefficient (Wildman–Crippen LogP) is 1.72. The van der Waals surface area contributed by atoms with Crippen molar-refractivity contribution in [3.05, 3.63) is 26.2 Å². The van der Waals surface area contributed by atoms with Gasteiger partial charge in [-0.25, -0.2) is 9.78 Å². The third-order valence-corrected chi connectivity index (χ3v) is 4.07. The van der Waals surface area contributed by atoms with Gasteiger partial charge in [-0.1, -0.05) is 32.2 Å². The molecule has 3 aromatic heterocycles. The van der Waals surface area contributed by atoms with E-state index in [-0.39, 0.29) is 5.92 Å². The van der Waals surface area contributed by atoms with E-state index in [1.165, 1.54) is 16.1 Å². The lowest BCUT2D eigenvalue weighted by Crippen LogP contribution is -2.32. The normalized spacial score (nSPS) is 11.9. The Balaban J connectivity index is 2.38. The van der Waals surface area contributed by atoms with E-state index in [1.54, 1.807) is 5.38 Å². The summed E-state index contributed by atoms with van der Waals surface area (Å²) in [6.45, 7) is 9.24. The number of aromatic amines is 1. The Hall–Kier alpha value is -2.29. The maximum Gasteiger partial charge on any atom is 0.330 e. The van der Waals surface area contributed by atoms with Crippen molar-refractivity contribution in [2.24, 2.45) is 11.8 Å². The van der Waals surface area contributed by atoms with Gasteiger partial charge in [0.2, 0.25) is 0 Å². The van der Waals surface area contributed by atoms with Crippen LogP contribution < -0.4 is 11.2 Å². The van der Waals surface area contributed by atoms with E-state index >= 15 is 0 Å². The van der Waals surface area contributed by atoms with Crippen molar-refractivity contribution in [1.82, 2.24) is 28.7 Å². The summed E-state index contributed by atoms with van der Waals surface area (Å²) in [5, 5.41) is 5.87. The van der Waals surface area contributed by atoms with E-state index in [2.05, 4.69) is 33.4 Å². The van der Waals surface area contributed by atoms with Crippen LogP contribution in [0.5, 0.6) is 0 Å². The number of hydrogen-bond acceptors (Lipinski definition) is 6. The van der Waals surface area contributed by atoms with Gasteiger partial charge in [-0.3, -0.25) is 14.3 Å². The molecule has 0 spiro atoms. The first-order chi connectivity index (χ1) is 11.4. The summed E-state index contributed by atoms with van der Waals surface area (Å²) in [7, 11) is 0. The Labute approximate surface area is 142 Å². The van der Waals surface area contributed by atoms with Gasteiger partial charge in [0.15, 0.2) is 17.0 Å². The molecule has 0 aliphatic heterocycles. The second-order valence-electron chi connectivity index (χ2n) is 6.67. The molecule has 0 fully saturated rings. The van der Waals surface area contributed by atoms with Crippen molar-refractivity contribution in [1.29, 1.82) is 0 Å². The fraction of sp³-hybridized carbons (Fsp3) is 0.533. The minimum atomic E-state index is -0.432. The van der Waals surface area contributed by atoms with Crippen LogP contribution in [0.4, 0.5) is 0 Å². The fourth-order valence-electron chi connectivity index (χ4n) is 2.71. The summed E-state index contributed by atoms with van der Waals surface area (Å²) in [6.07, 6.45) is 0. The van der Waals surface area contributed by atoms with E-state index in [9.17, 15) is 9.59 Å². The molecule has 0 aliphatic rings. The zero-order valence-electron chi connectivity index (χ0n) is 14.1. The lowest BCUT2D eigenvalue weighted by Gasteiger charge is -2.11. The second-order valence-corrected chi connectivity index (χ2v) is 7.28. The molecule has 3 rings (SSSR count). The zero-order valence-corrected chi connectivity index (χ0v) is 14.9. The van der Waals surface area contributed by atoms with Crippen molar-refractivity contribution in [2.45, 2.75) is 40.8 Å². The molecule has 3 aromatic rings. The Morgan fingerprint density at radius 3 is 2.38 bits per heavy atom. The number of hydrogen-bond donors (Lipinski definition) is 1. The lowest BCUT2D eigenvalue weighted by atomic mass is 10.2. The third-order valence-electron chi connectivity index (χ3n) is 3.57. The smallest absolute Gasteiger partial charge is 0.316 e. The van der Waals surface area contributed by atoms with Gasteiger partial charge < -0.3 is 4.57 Å². The van der Waals surface area contributed by atoms with E-state index < -0.39 is 11.2 Å². The second kappa shape index (κ2) is 6.31. The van der Waals surface area contributed by atoms with Crippen LogP contribution >= 0.6 is 11.5 Å². The van der Waals surface area contributed by atoms with Crippen molar-refractivity contribution in [2.75, 3.05) is 0 Å². The Bertz CT molecular complexity index is 964. The molecule has 1 N–H and O–H groups in total. The summed E-state index contributed by atoms with van der Waals surface area (Å²) in [6, 6.07) is 0. The van der Waals surface area contributed by atoms with Gasteiger partial charge >= 0.3 is 5.69 Å². The molecule has 24 heavy (non-hydrogen) atoms. The summed E-state index contributed by atoms with van der Waals surface area (Å²) in [5.74, 6) is 1.12. The summed E-state index contributed by atoms with van der Waals surface area (Å²) >= 11 is 1.23. The summed E-state index contributed by atoms with van der Waals surface area (Å²) in [4.78, 5) is 31.7. The molecule has 0 saturated carbocycles. The molecule has 0 aromatic carbocycles. The monoisotopic (exact) mass is 348 g/mol. The van der Waals surface area contributed by atoms with E-state index in [1.807, 2.05) is 18.4 Å². The number of aromatic nitrogens is 6. The number of nitrogens with zero attached hydrogens (tertiary/aromatic N) is 5. The molecule has 8 nitrogen and oxygen atoms in total. The highest BCUT2D eigenvalue weighted by molar-refractivity contribution is 7.03. The average molecular weight is 348 g/mol. The number of fused-ring (bicyclic) bond motifs is 1. The van der Waals surface area contributed by atoms with Crippen molar-refractivity contribution < 1.29 is 0 Å². The van der Waals surface area contributed by atoms with Gasteiger partial charge in [0.25, 0.3) is 5.56 Å². The quantitative estimate of drug-likeness (QED) is 0.757. The van der Waals surface area contributed by atoms with Crippen molar-refractivity contribution >= 4 is 22.7 Å². The average Bonchev–Trinajstić information content (AvgIpc) is 3.10. The summed E-state index contributed by atoms with van der Waals surface area (Å²) < 4.78 is 7.25. The Morgan fingerprint density at radius 2 is 1.79 bits per heavy atom. The maximum absolute atomic E-state index is 12.5. The van der Waals surface area contributed by atoms with Crippen LogP contribution in [0.1, 0.15) is 27.7 Å². The molecule has 128 valence electrons. The SMILES string of the molecule is CC(C)Cn1c(-c2csnn2)nc2c1c(=O)[nH]c(=O)n2CC(C)C. The predicted molar refractivity (Wildman–Crippen MR) is 93.2 cm³/mol. The van der Waals surface area contributed by atoms with Crippen LogP contribution in [0.15, 0.2) is 15.0 Å². The van der Waals surface area contributed by atoms with Crippen LogP contribution in [-0.4, -0.2) is 28.7 Å². The van der Waals surface area contributed by atoms with Gasteiger partial charge in [-0.05, 0) is 23.4 Å². The Kier molecular flexibility index (Phi) is 4.35. The number of rotatable bonds is 5. The van der Waals surface area contributed by atoms with E-state index in [4.69, 9.17) is 0 Å². The van der Waals surface area contributed by atoms with Crippen LogP contribution in [0.3, 0.4) is 0 Å². The van der Waals surface area contributed by atoms with Crippen molar-refractivity contribution in [3.8, 4) is 11.5 Å². The molecule has 0 bridgehead atoms. The molecule has 9 heteroatoms. The number of imidazole rings is 1. The van der Waals surface area contributed by atoms with E-state index in [0.717, 1.165) is 0 Å². The van der Waals surface area contributed by atoms with Gasteiger partial charge in [-0.15, -0.1) is 5.10 Å². The van der Waals surface area contributed by atoms with Crippen LogP contribution in [0.25, 0.3) is 22.7 Å². The minimum Gasteiger partial charge on any atom is -0.316 e. The Morgan fingerprint density at radius 1 is 1.12 bits per heavy atom. The molecule has 0 saturated heterocycles. The molecule has 0 atom stereocenters. The van der Waals surface area contributed by atoms with Crippen LogP contribution in [0.2, 0.25) is 0 Å². The third kappa shape index (κ3) is 2.91. The number of nitrogens with one attached hydrogen (secondary N) is 1. The largest absolute Gasteiger partial charge is 0.330 e. The van der Waals surface area contributed by atoms with Gasteiger partial charge in [-0.2, -0.15) is 0 Å². The standard InChI is InChI=1S/C15H20N6O2S/c1-8(2)5-20-11-13(16-12(20)10-7-24-19-18-10)21(6-9(3)4)15(23)17-14(11)22/h7-9H,5-6H2,1-4H3,(H,17,22,23). The molecule has 0 aliphatic carbocycles. The van der Waals surface area contributed by atoms with Gasteiger partial charge in [0, 0.05) is 18.5 Å². The van der Waals surface area contributed by atoms with Crippen LogP contribution in [-0.2, 0) is 13.1 Å². The van der Waals surface area contributed by atoms with Crippen LogP contribution in [0, 0.1) is 11.8 Å². The van der Waals surface area contributed by atoms with Gasteiger partial charge in [0.1, 0.15) is 5.69 Å². The van der Waals surface area contributed by atoms with E-state index in [0.29, 0.717) is 41.7 Å². The highest BCUT2D eigenvalue weighted by Gasteiger charge is 2.21. The van der Waals surface area contributed by atoms with Crippen molar-refractivity contribution in [3.63, 3.8) is 0 Å². The minimum absolute atomic E-state index is 0.247. The number of H-pyrrole nitrogens is 1. The molecular weight excluding hydrogens is 328 g/mol. The lowest BCUT2D eigenvalue weighted by molar-refractivity contribution is 0.512.